The molecule has 1 N–H and O–H groups in total. The summed E-state index contributed by atoms with van der Waals surface area (Å²) in [5.41, 5.74) is 6.67. The van der Waals surface area contributed by atoms with E-state index in [9.17, 15) is 4.79 Å². The first-order chi connectivity index (χ1) is 15.9. The maximum Gasteiger partial charge on any atom is 0.358 e. The molecule has 0 spiro atoms. The van der Waals surface area contributed by atoms with E-state index in [1.807, 2.05) is 18.2 Å². The number of carbonyl (C=O) groups is 1. The summed E-state index contributed by atoms with van der Waals surface area (Å²) in [6, 6.07) is 10.5. The number of nitrogens with zero attached hydrogens (tertiary/aromatic N) is 6. The number of ketones is 1. The molecule has 2 atom stereocenters. The Bertz CT molecular complexity index is 997. The van der Waals surface area contributed by atoms with Gasteiger partial charge in [-0.3, -0.25) is 9.69 Å². The highest BCUT2D eigenvalue weighted by Gasteiger charge is 2.52. The van der Waals surface area contributed by atoms with E-state index in [0.717, 1.165) is 44.3 Å². The van der Waals surface area contributed by atoms with E-state index < -0.39 is 0 Å². The summed E-state index contributed by atoms with van der Waals surface area (Å²) in [4.78, 5) is 29.6. The summed E-state index contributed by atoms with van der Waals surface area (Å²) in [5, 5.41) is 0. The Labute approximate surface area is 195 Å². The standard InChI is InChI=1S/C24H34N7O2/c1-18(13-28(2)3)31-17-20-15-29(14-19-7-5-4-6-8-19)16-21(32)22(20)25-24(31)26-23(27-31)30-9-11-33-12-10-30/h4-8,18H,9-17H2,1-3H3,(H,25,26,27)/q+1. The number of nitrogens with one attached hydrogen (secondary N) is 1. The average molecular weight is 453 g/mol. The first-order valence-corrected chi connectivity index (χ1v) is 11.8. The summed E-state index contributed by atoms with van der Waals surface area (Å²) in [6.07, 6.45) is 0. The van der Waals surface area contributed by atoms with Gasteiger partial charge in [0.1, 0.15) is 18.3 Å². The minimum atomic E-state index is 0.0905. The van der Waals surface area contributed by atoms with Gasteiger partial charge < -0.3 is 14.5 Å². The van der Waals surface area contributed by atoms with E-state index >= 15 is 0 Å². The van der Waals surface area contributed by atoms with Crippen LogP contribution in [-0.2, 0) is 16.1 Å². The largest absolute Gasteiger partial charge is 0.378 e. The second-order valence-electron chi connectivity index (χ2n) is 9.70. The first-order valence-electron chi connectivity index (χ1n) is 11.8. The fourth-order valence-corrected chi connectivity index (χ4v) is 5.21. The fourth-order valence-electron chi connectivity index (χ4n) is 5.21. The number of Topliss-reactive ketones (excluding diaryl/α,β-unsaturated/α-hetero) is 1. The number of morpholine rings is 1. The summed E-state index contributed by atoms with van der Waals surface area (Å²) in [7, 11) is 4.18. The van der Waals surface area contributed by atoms with Gasteiger partial charge >= 0.3 is 5.96 Å². The smallest absolute Gasteiger partial charge is 0.358 e. The normalized spacial score (nSPS) is 26.5. The molecule has 4 heterocycles. The molecule has 9 nitrogen and oxygen atoms in total. The van der Waals surface area contributed by atoms with Crippen LogP contribution < -0.4 is 5.43 Å². The molecule has 0 aliphatic carbocycles. The molecule has 2 unspecified atom stereocenters. The van der Waals surface area contributed by atoms with Crippen LogP contribution in [0.2, 0.25) is 0 Å². The Balaban J connectivity index is 1.44. The zero-order valence-electron chi connectivity index (χ0n) is 19.8. The monoisotopic (exact) mass is 452 g/mol. The van der Waals surface area contributed by atoms with E-state index in [1.54, 1.807) is 0 Å². The Hall–Kier alpha value is -2.59. The van der Waals surface area contributed by atoms with Crippen molar-refractivity contribution in [2.24, 2.45) is 9.98 Å². The number of rotatable bonds is 5. The summed E-state index contributed by atoms with van der Waals surface area (Å²) in [6.45, 7) is 8.70. The number of benzene rings is 1. The highest BCUT2D eigenvalue weighted by Crippen LogP contribution is 2.32. The molecule has 0 bridgehead atoms. The zero-order valence-corrected chi connectivity index (χ0v) is 19.8. The van der Waals surface area contributed by atoms with Crippen molar-refractivity contribution in [1.82, 2.24) is 20.1 Å². The molecule has 4 aliphatic heterocycles. The lowest BCUT2D eigenvalue weighted by molar-refractivity contribution is -0.893. The number of likely N-dealkylation sites (N-methyl/N-ethyl adjacent to an activating group) is 1. The Morgan fingerprint density at radius 3 is 2.64 bits per heavy atom. The molecule has 1 fully saturated rings. The van der Waals surface area contributed by atoms with E-state index in [-0.39, 0.29) is 11.8 Å². The van der Waals surface area contributed by atoms with Crippen molar-refractivity contribution in [3.8, 4) is 0 Å². The van der Waals surface area contributed by atoms with Crippen LogP contribution in [0.25, 0.3) is 0 Å². The van der Waals surface area contributed by atoms with Crippen LogP contribution in [0.5, 0.6) is 0 Å². The van der Waals surface area contributed by atoms with Gasteiger partial charge in [-0.15, -0.1) is 9.58 Å². The van der Waals surface area contributed by atoms with Crippen molar-refractivity contribution < 1.29 is 14.1 Å². The van der Waals surface area contributed by atoms with Crippen LogP contribution in [0.3, 0.4) is 0 Å². The maximum atomic E-state index is 13.1. The highest BCUT2D eigenvalue weighted by atomic mass is 16.5. The van der Waals surface area contributed by atoms with Crippen molar-refractivity contribution in [1.29, 1.82) is 0 Å². The van der Waals surface area contributed by atoms with Crippen molar-refractivity contribution in [3.05, 3.63) is 47.2 Å². The maximum absolute atomic E-state index is 13.1. The van der Waals surface area contributed by atoms with Gasteiger partial charge in [0.15, 0.2) is 5.78 Å². The third-order valence-electron chi connectivity index (χ3n) is 6.84. The number of quaternary nitrogens is 1. The molecule has 176 valence electrons. The molecule has 4 aliphatic rings. The molecule has 0 aromatic heterocycles. The molecule has 0 saturated carbocycles. The fraction of sp³-hybridized carbons (Fsp3) is 0.542. The first kappa shape index (κ1) is 22.2. The van der Waals surface area contributed by atoms with Crippen molar-refractivity contribution in [2.45, 2.75) is 19.5 Å². The van der Waals surface area contributed by atoms with Crippen LogP contribution in [0, 0.1) is 0 Å². The molecular formula is C24H34N7O2+. The Kier molecular flexibility index (Phi) is 6.05. The minimum absolute atomic E-state index is 0.0905. The van der Waals surface area contributed by atoms with Crippen molar-refractivity contribution >= 4 is 17.7 Å². The number of hydrogen-bond donors (Lipinski definition) is 1. The summed E-state index contributed by atoms with van der Waals surface area (Å²) in [5.74, 6) is 1.64. The Morgan fingerprint density at radius 1 is 1.15 bits per heavy atom. The molecular weight excluding hydrogens is 418 g/mol. The SMILES string of the molecule is CC(CN(C)C)[N+]12CC3=C(N=C1N=C(N1CCOCC1)N2)C(=O)CN(Cc1ccccc1)C3. The van der Waals surface area contributed by atoms with E-state index in [2.05, 4.69) is 53.3 Å². The molecule has 0 amide bonds. The lowest BCUT2D eigenvalue weighted by atomic mass is 10.0. The molecule has 1 saturated heterocycles. The van der Waals surface area contributed by atoms with Gasteiger partial charge in [0.05, 0.1) is 26.3 Å². The second-order valence-corrected chi connectivity index (χ2v) is 9.70. The van der Waals surface area contributed by atoms with Gasteiger partial charge in [-0.1, -0.05) is 30.3 Å². The van der Waals surface area contributed by atoms with Crippen molar-refractivity contribution in [2.75, 3.05) is 66.6 Å². The number of fused-ring (bicyclic) bond motifs is 1. The number of guanidine groups is 2. The number of ether oxygens (including phenoxy) is 1. The molecule has 0 radical (unpaired) electrons. The zero-order chi connectivity index (χ0) is 23.0. The van der Waals surface area contributed by atoms with E-state index in [4.69, 9.17) is 14.7 Å². The van der Waals surface area contributed by atoms with Crippen LogP contribution >= 0.6 is 0 Å². The van der Waals surface area contributed by atoms with Crippen LogP contribution in [0.15, 0.2) is 51.6 Å². The molecule has 33 heavy (non-hydrogen) atoms. The third kappa shape index (κ3) is 4.33. The third-order valence-corrected chi connectivity index (χ3v) is 6.84. The highest BCUT2D eigenvalue weighted by molar-refractivity contribution is 6.03. The Morgan fingerprint density at radius 2 is 1.91 bits per heavy atom. The van der Waals surface area contributed by atoms with Gasteiger partial charge in [-0.25, -0.2) is 0 Å². The predicted molar refractivity (Wildman–Crippen MR) is 127 cm³/mol. The molecule has 1 aromatic carbocycles. The lowest BCUT2D eigenvalue weighted by Gasteiger charge is -2.43. The summed E-state index contributed by atoms with van der Waals surface area (Å²) >= 11 is 0. The van der Waals surface area contributed by atoms with Gasteiger partial charge in [0.2, 0.25) is 0 Å². The van der Waals surface area contributed by atoms with Gasteiger partial charge in [0, 0.05) is 31.8 Å². The van der Waals surface area contributed by atoms with Gasteiger partial charge in [0.25, 0.3) is 5.96 Å². The topological polar surface area (TPSA) is 72.8 Å². The number of carbonyl (C=O) groups excluding carboxylic acids is 1. The van der Waals surface area contributed by atoms with Crippen LogP contribution in [0.1, 0.15) is 12.5 Å². The average Bonchev–Trinajstić information content (AvgIpc) is 3.19. The van der Waals surface area contributed by atoms with Gasteiger partial charge in [-0.2, -0.15) is 10.4 Å². The second kappa shape index (κ2) is 8.98. The van der Waals surface area contributed by atoms with E-state index in [0.29, 0.717) is 42.6 Å². The summed E-state index contributed by atoms with van der Waals surface area (Å²) < 4.78 is 5.98. The molecule has 5 rings (SSSR count). The number of hydrogen-bond acceptors (Lipinski definition) is 8. The molecule has 1 aromatic rings. The van der Waals surface area contributed by atoms with E-state index in [1.165, 1.54) is 5.56 Å². The minimum Gasteiger partial charge on any atom is -0.378 e. The number of aliphatic imine (C=N–C) groups is 2. The van der Waals surface area contributed by atoms with Gasteiger partial charge in [-0.05, 0) is 26.6 Å². The predicted octanol–water partition coefficient (Wildman–Crippen LogP) is 0.668. The molecule has 9 heteroatoms. The quantitative estimate of drug-likeness (QED) is 0.662. The van der Waals surface area contributed by atoms with Crippen molar-refractivity contribution in [3.63, 3.8) is 0 Å². The van der Waals surface area contributed by atoms with Crippen LogP contribution in [0.4, 0.5) is 0 Å². The lowest BCUT2D eigenvalue weighted by Crippen LogP contribution is -2.69. The van der Waals surface area contributed by atoms with Crippen LogP contribution in [-0.4, -0.2) is 110 Å².